The average Bonchev–Trinajstić information content (AvgIpc) is 2.68. The van der Waals surface area contributed by atoms with Crippen LogP contribution in [-0.4, -0.2) is 42.9 Å². The molecule has 3 rings (SSSR count). The van der Waals surface area contributed by atoms with Gasteiger partial charge in [-0.2, -0.15) is 13.2 Å². The molecule has 1 heterocycles. The van der Waals surface area contributed by atoms with Gasteiger partial charge in [0.15, 0.2) is 0 Å². The van der Waals surface area contributed by atoms with Gasteiger partial charge in [-0.1, -0.05) is 30.3 Å². The molecule has 5 nitrogen and oxygen atoms in total. The number of anilines is 2. The van der Waals surface area contributed by atoms with Crippen LogP contribution in [0.1, 0.15) is 12.0 Å². The van der Waals surface area contributed by atoms with Crippen molar-refractivity contribution in [3.8, 4) is 0 Å². The Hall–Kier alpha value is -3.03. The molecule has 28 heavy (non-hydrogen) atoms. The summed E-state index contributed by atoms with van der Waals surface area (Å²) in [4.78, 5) is 28.1. The standard InChI is InChI=1S/C20H20F3N3O2/c21-20(22,23)16-8-4-5-9-17(16)24-18(27)14-19(28)26-12-10-25(11-13-26)15-6-2-1-3-7-15/h1-9H,10-14H2,(H,24,27). The molecule has 0 saturated carbocycles. The second-order valence-electron chi connectivity index (χ2n) is 6.47. The van der Waals surface area contributed by atoms with Crippen molar-refractivity contribution in [1.82, 2.24) is 4.90 Å². The third-order valence-electron chi connectivity index (χ3n) is 4.57. The van der Waals surface area contributed by atoms with Crippen molar-refractivity contribution in [3.63, 3.8) is 0 Å². The van der Waals surface area contributed by atoms with Gasteiger partial charge < -0.3 is 15.1 Å². The van der Waals surface area contributed by atoms with E-state index in [4.69, 9.17) is 0 Å². The minimum Gasteiger partial charge on any atom is -0.368 e. The molecule has 0 radical (unpaired) electrons. The Morgan fingerprint density at radius 2 is 1.50 bits per heavy atom. The van der Waals surface area contributed by atoms with E-state index in [0.29, 0.717) is 26.2 Å². The van der Waals surface area contributed by atoms with Crippen LogP contribution in [-0.2, 0) is 15.8 Å². The number of halogens is 3. The Morgan fingerprint density at radius 1 is 0.893 bits per heavy atom. The monoisotopic (exact) mass is 391 g/mol. The fourth-order valence-electron chi connectivity index (χ4n) is 3.14. The van der Waals surface area contributed by atoms with E-state index >= 15 is 0 Å². The predicted octanol–water partition coefficient (Wildman–Crippen LogP) is 3.38. The molecule has 0 atom stereocenters. The van der Waals surface area contributed by atoms with Crippen molar-refractivity contribution in [1.29, 1.82) is 0 Å². The van der Waals surface area contributed by atoms with Gasteiger partial charge in [0.25, 0.3) is 0 Å². The predicted molar refractivity (Wildman–Crippen MR) is 99.9 cm³/mol. The molecule has 2 aromatic rings. The highest BCUT2D eigenvalue weighted by Gasteiger charge is 2.33. The minimum atomic E-state index is -4.58. The summed E-state index contributed by atoms with van der Waals surface area (Å²) in [7, 11) is 0. The lowest BCUT2D eigenvalue weighted by atomic mass is 10.1. The molecule has 1 N–H and O–H groups in total. The van der Waals surface area contributed by atoms with Crippen LogP contribution in [0.3, 0.4) is 0 Å². The number of piperazine rings is 1. The first-order valence-corrected chi connectivity index (χ1v) is 8.88. The number of rotatable bonds is 4. The van der Waals surface area contributed by atoms with Gasteiger partial charge in [0, 0.05) is 31.9 Å². The highest BCUT2D eigenvalue weighted by molar-refractivity contribution is 6.04. The number of benzene rings is 2. The van der Waals surface area contributed by atoms with E-state index in [2.05, 4.69) is 10.2 Å². The molecule has 0 unspecified atom stereocenters. The Balaban J connectivity index is 1.54. The lowest BCUT2D eigenvalue weighted by Crippen LogP contribution is -2.49. The number of nitrogens with one attached hydrogen (secondary N) is 1. The number of hydrogen-bond acceptors (Lipinski definition) is 3. The zero-order chi connectivity index (χ0) is 20.1. The van der Waals surface area contributed by atoms with Crippen molar-refractivity contribution >= 4 is 23.2 Å². The molecule has 1 aliphatic rings. The molecule has 1 saturated heterocycles. The van der Waals surface area contributed by atoms with E-state index in [1.807, 2.05) is 30.3 Å². The number of carbonyl (C=O) groups is 2. The summed E-state index contributed by atoms with van der Waals surface area (Å²) in [6.45, 7) is 2.18. The first kappa shape index (κ1) is 19.7. The number of amides is 2. The first-order chi connectivity index (χ1) is 13.3. The zero-order valence-corrected chi connectivity index (χ0v) is 15.1. The van der Waals surface area contributed by atoms with E-state index in [1.54, 1.807) is 4.90 Å². The van der Waals surface area contributed by atoms with E-state index in [9.17, 15) is 22.8 Å². The van der Waals surface area contributed by atoms with Gasteiger partial charge in [-0.25, -0.2) is 0 Å². The van der Waals surface area contributed by atoms with Gasteiger partial charge in [0.2, 0.25) is 11.8 Å². The second-order valence-corrected chi connectivity index (χ2v) is 6.47. The average molecular weight is 391 g/mol. The number of nitrogens with zero attached hydrogens (tertiary/aromatic N) is 2. The topological polar surface area (TPSA) is 52.7 Å². The molecule has 0 spiro atoms. The van der Waals surface area contributed by atoms with Crippen LogP contribution >= 0.6 is 0 Å². The normalized spacial score (nSPS) is 14.7. The van der Waals surface area contributed by atoms with Gasteiger partial charge >= 0.3 is 6.18 Å². The summed E-state index contributed by atoms with van der Waals surface area (Å²) in [5.41, 5.74) is -0.218. The molecule has 2 amide bonds. The summed E-state index contributed by atoms with van der Waals surface area (Å²) in [6.07, 6.45) is -5.07. The van der Waals surface area contributed by atoms with Gasteiger partial charge in [0.1, 0.15) is 6.42 Å². The molecule has 0 aromatic heterocycles. The summed E-state index contributed by atoms with van der Waals surface area (Å²) in [5.74, 6) is -1.15. The molecule has 1 fully saturated rings. The zero-order valence-electron chi connectivity index (χ0n) is 15.1. The highest BCUT2D eigenvalue weighted by Crippen LogP contribution is 2.34. The lowest BCUT2D eigenvalue weighted by molar-refractivity contribution is -0.137. The van der Waals surface area contributed by atoms with Crippen LogP contribution < -0.4 is 10.2 Å². The summed E-state index contributed by atoms with van der Waals surface area (Å²) < 4.78 is 39.0. The Bertz CT molecular complexity index is 832. The minimum absolute atomic E-state index is 0.346. The van der Waals surface area contributed by atoms with Crippen LogP contribution in [0, 0.1) is 0 Å². The van der Waals surface area contributed by atoms with Gasteiger partial charge in [-0.05, 0) is 24.3 Å². The Labute approximate surface area is 160 Å². The first-order valence-electron chi connectivity index (χ1n) is 8.88. The molecule has 0 aliphatic carbocycles. The molecule has 0 bridgehead atoms. The third-order valence-corrected chi connectivity index (χ3v) is 4.57. The van der Waals surface area contributed by atoms with Crippen molar-refractivity contribution in [2.24, 2.45) is 0 Å². The van der Waals surface area contributed by atoms with Crippen LogP contribution in [0.5, 0.6) is 0 Å². The summed E-state index contributed by atoms with van der Waals surface area (Å²) in [6, 6.07) is 14.5. The van der Waals surface area contributed by atoms with Crippen LogP contribution in [0.4, 0.5) is 24.5 Å². The molecule has 2 aromatic carbocycles. The van der Waals surface area contributed by atoms with Crippen molar-refractivity contribution < 1.29 is 22.8 Å². The molecule has 1 aliphatic heterocycles. The van der Waals surface area contributed by atoms with Gasteiger partial charge in [-0.15, -0.1) is 0 Å². The van der Waals surface area contributed by atoms with E-state index in [1.165, 1.54) is 18.2 Å². The fourth-order valence-corrected chi connectivity index (χ4v) is 3.14. The van der Waals surface area contributed by atoms with E-state index in [-0.39, 0.29) is 5.69 Å². The number of para-hydroxylation sites is 2. The van der Waals surface area contributed by atoms with E-state index < -0.39 is 30.0 Å². The van der Waals surface area contributed by atoms with Gasteiger partial charge in [0.05, 0.1) is 11.3 Å². The summed E-state index contributed by atoms with van der Waals surface area (Å²) >= 11 is 0. The molecular formula is C20H20F3N3O2. The maximum atomic E-state index is 13.0. The molecular weight excluding hydrogens is 371 g/mol. The van der Waals surface area contributed by atoms with Crippen molar-refractivity contribution in [3.05, 3.63) is 60.2 Å². The number of carbonyl (C=O) groups excluding carboxylic acids is 2. The largest absolute Gasteiger partial charge is 0.418 e. The van der Waals surface area contributed by atoms with Crippen LogP contribution in [0.25, 0.3) is 0 Å². The summed E-state index contributed by atoms with van der Waals surface area (Å²) in [5, 5.41) is 2.20. The maximum Gasteiger partial charge on any atom is 0.418 e. The van der Waals surface area contributed by atoms with Crippen molar-refractivity contribution in [2.75, 3.05) is 36.4 Å². The van der Waals surface area contributed by atoms with E-state index in [0.717, 1.165) is 11.8 Å². The van der Waals surface area contributed by atoms with Crippen molar-refractivity contribution in [2.45, 2.75) is 12.6 Å². The van der Waals surface area contributed by atoms with Gasteiger partial charge in [-0.3, -0.25) is 9.59 Å². The number of alkyl halides is 3. The lowest BCUT2D eigenvalue weighted by Gasteiger charge is -2.36. The smallest absolute Gasteiger partial charge is 0.368 e. The fraction of sp³-hybridized carbons (Fsp3) is 0.300. The second kappa shape index (κ2) is 8.33. The molecule has 8 heteroatoms. The SMILES string of the molecule is O=C(CC(=O)N1CCN(c2ccccc2)CC1)Nc1ccccc1C(F)(F)F. The highest BCUT2D eigenvalue weighted by atomic mass is 19.4. The third kappa shape index (κ3) is 4.82. The molecule has 148 valence electrons. The quantitative estimate of drug-likeness (QED) is 0.813. The number of hydrogen-bond donors (Lipinski definition) is 1. The Morgan fingerprint density at radius 3 is 2.14 bits per heavy atom. The van der Waals surface area contributed by atoms with Crippen LogP contribution in [0.15, 0.2) is 54.6 Å². The van der Waals surface area contributed by atoms with Crippen LogP contribution in [0.2, 0.25) is 0 Å². The Kier molecular flexibility index (Phi) is 5.87. The maximum absolute atomic E-state index is 13.0.